The van der Waals surface area contributed by atoms with E-state index in [4.69, 9.17) is 0 Å². The van der Waals surface area contributed by atoms with Crippen LogP contribution >= 0.6 is 15.9 Å². The Morgan fingerprint density at radius 2 is 1.85 bits per heavy atom. The van der Waals surface area contributed by atoms with E-state index in [1.807, 2.05) is 18.2 Å². The first-order valence-electron chi connectivity index (χ1n) is 8.23. The number of aromatic amines is 1. The van der Waals surface area contributed by atoms with Gasteiger partial charge in [-0.2, -0.15) is 5.10 Å². The molecule has 2 aromatic carbocycles. The number of aromatic nitrogens is 4. The van der Waals surface area contributed by atoms with Crippen molar-refractivity contribution in [2.24, 2.45) is 0 Å². The summed E-state index contributed by atoms with van der Waals surface area (Å²) in [6, 6.07) is 10.2. The number of halogens is 3. The molecule has 0 bridgehead atoms. The van der Waals surface area contributed by atoms with E-state index in [0.29, 0.717) is 16.8 Å². The number of fused-ring (bicyclic) bond motifs is 1. The number of anilines is 1. The van der Waals surface area contributed by atoms with E-state index in [2.05, 4.69) is 41.4 Å². The van der Waals surface area contributed by atoms with Gasteiger partial charge < -0.3 is 5.32 Å². The quantitative estimate of drug-likeness (QED) is 0.481. The van der Waals surface area contributed by atoms with Gasteiger partial charge in [0.15, 0.2) is 0 Å². The number of benzene rings is 2. The molecule has 0 fully saturated rings. The summed E-state index contributed by atoms with van der Waals surface area (Å²) in [5, 5.41) is 11.0. The Morgan fingerprint density at radius 1 is 1.04 bits per heavy atom. The molecule has 4 rings (SSSR count). The van der Waals surface area contributed by atoms with Crippen molar-refractivity contribution in [2.75, 3.05) is 11.9 Å². The number of nitrogens with zero attached hydrogens (tertiary/aromatic N) is 3. The molecule has 0 atom stereocenters. The van der Waals surface area contributed by atoms with Crippen LogP contribution in [-0.2, 0) is 6.42 Å². The van der Waals surface area contributed by atoms with Crippen molar-refractivity contribution in [3.8, 4) is 11.3 Å². The lowest BCUT2D eigenvalue weighted by Gasteiger charge is -2.09. The summed E-state index contributed by atoms with van der Waals surface area (Å²) >= 11 is 3.08. The molecule has 2 heterocycles. The lowest BCUT2D eigenvalue weighted by molar-refractivity contribution is 0.555. The van der Waals surface area contributed by atoms with E-state index in [0.717, 1.165) is 22.2 Å². The van der Waals surface area contributed by atoms with Crippen LogP contribution in [0, 0.1) is 11.6 Å². The second-order valence-electron chi connectivity index (χ2n) is 5.99. The maximum Gasteiger partial charge on any atom is 0.130 e. The van der Waals surface area contributed by atoms with E-state index in [9.17, 15) is 8.78 Å². The zero-order valence-corrected chi connectivity index (χ0v) is 15.6. The molecule has 4 aromatic rings. The molecule has 27 heavy (non-hydrogen) atoms. The second kappa shape index (κ2) is 7.40. The highest BCUT2D eigenvalue weighted by atomic mass is 79.9. The third kappa shape index (κ3) is 3.80. The van der Waals surface area contributed by atoms with Crippen LogP contribution in [0.1, 0.15) is 5.56 Å². The molecule has 0 saturated carbocycles. The minimum atomic E-state index is -0.569. The molecule has 0 aliphatic carbocycles. The van der Waals surface area contributed by atoms with Crippen LogP contribution in [0.2, 0.25) is 0 Å². The molecular formula is C19H14BrF2N5. The Kier molecular flexibility index (Phi) is 4.81. The molecule has 2 N–H and O–H groups in total. The molecule has 8 heteroatoms. The molecule has 2 aromatic heterocycles. The molecule has 0 unspecified atom stereocenters. The van der Waals surface area contributed by atoms with Crippen molar-refractivity contribution in [3.63, 3.8) is 0 Å². The average molecular weight is 430 g/mol. The number of rotatable bonds is 5. The van der Waals surface area contributed by atoms with Crippen LogP contribution < -0.4 is 5.32 Å². The van der Waals surface area contributed by atoms with E-state index in [-0.39, 0.29) is 12.0 Å². The summed E-state index contributed by atoms with van der Waals surface area (Å²) in [5.41, 5.74) is 2.67. The number of hydrogen-bond donors (Lipinski definition) is 2. The summed E-state index contributed by atoms with van der Waals surface area (Å²) in [6.07, 6.45) is 3.41. The fourth-order valence-electron chi connectivity index (χ4n) is 2.84. The highest BCUT2D eigenvalue weighted by Crippen LogP contribution is 2.23. The largest absolute Gasteiger partial charge is 0.370 e. The minimum Gasteiger partial charge on any atom is -0.370 e. The van der Waals surface area contributed by atoms with Gasteiger partial charge in [0, 0.05) is 33.6 Å². The third-order valence-corrected chi connectivity index (χ3v) is 4.65. The number of H-pyrrole nitrogens is 1. The summed E-state index contributed by atoms with van der Waals surface area (Å²) < 4.78 is 28.2. The minimum absolute atomic E-state index is 0.0467. The molecule has 0 spiro atoms. The summed E-state index contributed by atoms with van der Waals surface area (Å²) in [5.74, 6) is -0.550. The topological polar surface area (TPSA) is 66.5 Å². The fraction of sp³-hybridized carbons (Fsp3) is 0.105. The highest BCUT2D eigenvalue weighted by molar-refractivity contribution is 9.10. The van der Waals surface area contributed by atoms with Crippen LogP contribution in [0.5, 0.6) is 0 Å². The molecular weight excluding hydrogens is 416 g/mol. The predicted octanol–water partition coefficient (Wildman–Crippen LogP) is 4.72. The maximum atomic E-state index is 13.9. The molecule has 0 aliphatic rings. The zero-order valence-electron chi connectivity index (χ0n) is 14.0. The Bertz CT molecular complexity index is 1090. The van der Waals surface area contributed by atoms with Crippen molar-refractivity contribution >= 4 is 32.7 Å². The Morgan fingerprint density at radius 3 is 2.67 bits per heavy atom. The van der Waals surface area contributed by atoms with Crippen molar-refractivity contribution in [1.29, 1.82) is 0 Å². The van der Waals surface area contributed by atoms with E-state index >= 15 is 0 Å². The van der Waals surface area contributed by atoms with Gasteiger partial charge in [-0.25, -0.2) is 18.7 Å². The van der Waals surface area contributed by atoms with Gasteiger partial charge in [0.1, 0.15) is 23.8 Å². The average Bonchev–Trinajstić information content (AvgIpc) is 3.12. The first-order chi connectivity index (χ1) is 13.1. The van der Waals surface area contributed by atoms with Crippen LogP contribution in [-0.4, -0.2) is 26.7 Å². The summed E-state index contributed by atoms with van der Waals surface area (Å²) in [7, 11) is 0. The van der Waals surface area contributed by atoms with Crippen molar-refractivity contribution in [2.45, 2.75) is 6.42 Å². The van der Waals surface area contributed by atoms with Gasteiger partial charge in [-0.05, 0) is 30.7 Å². The second-order valence-corrected chi connectivity index (χ2v) is 6.90. The van der Waals surface area contributed by atoms with Gasteiger partial charge >= 0.3 is 0 Å². The Balaban J connectivity index is 1.48. The van der Waals surface area contributed by atoms with Gasteiger partial charge in [-0.15, -0.1) is 0 Å². The zero-order chi connectivity index (χ0) is 18.8. The molecule has 0 radical (unpaired) electrons. The third-order valence-electron chi connectivity index (χ3n) is 4.19. The standard InChI is InChI=1S/C19H14BrF2N5/c20-13-6-15(21)14(16(22)7-13)3-4-23-19-8-18(24-10-25-19)11-1-2-17-12(5-11)9-26-27-17/h1-2,5-10H,3-4H2,(H,26,27)(H,23,24,25). The number of nitrogens with one attached hydrogen (secondary N) is 2. The van der Waals surface area contributed by atoms with Crippen LogP contribution in [0.3, 0.4) is 0 Å². The van der Waals surface area contributed by atoms with Crippen LogP contribution in [0.15, 0.2) is 53.4 Å². The van der Waals surface area contributed by atoms with E-state index in [1.54, 1.807) is 12.3 Å². The lowest BCUT2D eigenvalue weighted by atomic mass is 10.1. The van der Waals surface area contributed by atoms with Crippen molar-refractivity contribution in [3.05, 3.63) is 70.6 Å². The number of hydrogen-bond acceptors (Lipinski definition) is 4. The van der Waals surface area contributed by atoms with Gasteiger partial charge in [0.25, 0.3) is 0 Å². The summed E-state index contributed by atoms with van der Waals surface area (Å²) in [4.78, 5) is 8.47. The molecule has 0 saturated heterocycles. The molecule has 136 valence electrons. The van der Waals surface area contributed by atoms with Gasteiger partial charge in [0.05, 0.1) is 17.4 Å². The molecule has 0 amide bonds. The lowest BCUT2D eigenvalue weighted by Crippen LogP contribution is -2.09. The monoisotopic (exact) mass is 429 g/mol. The van der Waals surface area contributed by atoms with Crippen molar-refractivity contribution in [1.82, 2.24) is 20.2 Å². The first-order valence-corrected chi connectivity index (χ1v) is 9.02. The normalized spacial score (nSPS) is 11.1. The van der Waals surface area contributed by atoms with Gasteiger partial charge in [0.2, 0.25) is 0 Å². The SMILES string of the molecule is Fc1cc(Br)cc(F)c1CCNc1cc(-c2ccc3[nH]ncc3c2)ncn1. The first kappa shape index (κ1) is 17.5. The maximum absolute atomic E-state index is 13.9. The van der Waals surface area contributed by atoms with Crippen molar-refractivity contribution < 1.29 is 8.78 Å². The van der Waals surface area contributed by atoms with Crippen LogP contribution in [0.25, 0.3) is 22.2 Å². The Hall–Kier alpha value is -2.87. The molecule has 5 nitrogen and oxygen atoms in total. The smallest absolute Gasteiger partial charge is 0.130 e. The Labute approximate surface area is 162 Å². The van der Waals surface area contributed by atoms with Crippen LogP contribution in [0.4, 0.5) is 14.6 Å². The van der Waals surface area contributed by atoms with Gasteiger partial charge in [-0.1, -0.05) is 22.0 Å². The molecule has 0 aliphatic heterocycles. The van der Waals surface area contributed by atoms with E-state index in [1.165, 1.54) is 18.5 Å². The predicted molar refractivity (Wildman–Crippen MR) is 103 cm³/mol. The fourth-order valence-corrected chi connectivity index (χ4v) is 3.24. The van der Waals surface area contributed by atoms with E-state index < -0.39 is 11.6 Å². The highest BCUT2D eigenvalue weighted by Gasteiger charge is 2.10. The van der Waals surface area contributed by atoms with Gasteiger partial charge in [-0.3, -0.25) is 5.10 Å². The summed E-state index contributed by atoms with van der Waals surface area (Å²) in [6.45, 7) is 0.340.